The van der Waals surface area contributed by atoms with Gasteiger partial charge in [-0.3, -0.25) is 9.59 Å². The highest BCUT2D eigenvalue weighted by molar-refractivity contribution is 6.33. The van der Waals surface area contributed by atoms with Crippen molar-refractivity contribution < 1.29 is 19.4 Å². The van der Waals surface area contributed by atoms with Gasteiger partial charge < -0.3 is 25.4 Å². The number of nitrogens with one attached hydrogen (secondary N) is 2. The lowest BCUT2D eigenvalue weighted by Crippen LogP contribution is -2.41. The van der Waals surface area contributed by atoms with E-state index in [2.05, 4.69) is 20.6 Å². The maximum absolute atomic E-state index is 13.2. The normalized spacial score (nSPS) is 20.8. The molecule has 196 valence electrons. The first-order valence-corrected chi connectivity index (χ1v) is 13.2. The molecule has 0 saturated carbocycles. The van der Waals surface area contributed by atoms with E-state index in [0.717, 1.165) is 29.5 Å². The topological polar surface area (TPSA) is 117 Å². The minimum absolute atomic E-state index is 0.0956. The zero-order valence-corrected chi connectivity index (χ0v) is 21.4. The van der Waals surface area contributed by atoms with E-state index >= 15 is 0 Å². The summed E-state index contributed by atoms with van der Waals surface area (Å²) in [5, 5.41) is 17.1. The van der Waals surface area contributed by atoms with Crippen LogP contribution in [0.15, 0.2) is 48.7 Å². The number of hydrogen-bond acceptors (Lipinski definition) is 7. The Kier molecular flexibility index (Phi) is 6.73. The second-order valence-electron chi connectivity index (χ2n) is 9.97. The van der Waals surface area contributed by atoms with Gasteiger partial charge in [-0.05, 0) is 35.6 Å². The molecule has 3 aromatic rings. The Bertz CT molecular complexity index is 1390. The lowest BCUT2D eigenvalue weighted by Gasteiger charge is -2.23. The molecular formula is C28H28ClN5O4. The predicted octanol–water partition coefficient (Wildman–Crippen LogP) is 3.12. The van der Waals surface area contributed by atoms with Crippen LogP contribution in [0.5, 0.6) is 0 Å². The molecule has 10 heteroatoms. The standard InChI is InChI=1S/C28H28ClN5O4/c29-22-13-30-28(31-19-7-9-38-10-8-19)33-25(22)17-5-6-18-14-34(27(37)21(18)11-17)15-24(36)32-26-20-4-2-1-3-16(20)12-23(26)35/h1-6,11,13,19,23,26,35H,7-10,12,14-15H2,(H,32,36)(H,30,31,33)/t23-,26-/m1/s1. The zero-order chi connectivity index (χ0) is 26.2. The van der Waals surface area contributed by atoms with Crippen LogP contribution in [0.25, 0.3) is 11.3 Å². The van der Waals surface area contributed by atoms with Crippen LogP contribution in [-0.4, -0.2) is 63.7 Å². The molecule has 3 N–H and O–H groups in total. The fourth-order valence-corrected chi connectivity index (χ4v) is 5.64. The molecule has 9 nitrogen and oxygen atoms in total. The molecule has 38 heavy (non-hydrogen) atoms. The summed E-state index contributed by atoms with van der Waals surface area (Å²) in [7, 11) is 0. The van der Waals surface area contributed by atoms with E-state index in [4.69, 9.17) is 16.3 Å². The average Bonchev–Trinajstić information content (AvgIpc) is 3.40. The van der Waals surface area contributed by atoms with Gasteiger partial charge in [-0.25, -0.2) is 9.97 Å². The molecule has 1 saturated heterocycles. The molecule has 2 aliphatic heterocycles. The van der Waals surface area contributed by atoms with Crippen molar-refractivity contribution in [3.05, 3.63) is 75.9 Å². The Morgan fingerprint density at radius 2 is 1.97 bits per heavy atom. The first kappa shape index (κ1) is 24.8. The van der Waals surface area contributed by atoms with E-state index in [1.54, 1.807) is 12.3 Å². The molecule has 1 fully saturated rings. The van der Waals surface area contributed by atoms with E-state index in [-0.39, 0.29) is 24.4 Å². The number of ether oxygens (including phenoxy) is 1. The van der Waals surface area contributed by atoms with Crippen molar-refractivity contribution in [2.45, 2.75) is 44.0 Å². The molecule has 2 aromatic carbocycles. The molecule has 2 atom stereocenters. The molecule has 0 spiro atoms. The Balaban J connectivity index is 1.15. The first-order chi connectivity index (χ1) is 18.5. The number of nitrogens with zero attached hydrogens (tertiary/aromatic N) is 3. The summed E-state index contributed by atoms with van der Waals surface area (Å²) >= 11 is 6.45. The van der Waals surface area contributed by atoms with Gasteiger partial charge in [-0.15, -0.1) is 0 Å². The van der Waals surface area contributed by atoms with Gasteiger partial charge in [0, 0.05) is 43.3 Å². The number of rotatable bonds is 6. The number of aromatic nitrogens is 2. The highest BCUT2D eigenvalue weighted by Gasteiger charge is 2.34. The number of benzene rings is 2. The van der Waals surface area contributed by atoms with Crippen LogP contribution in [0.2, 0.25) is 5.02 Å². The maximum atomic E-state index is 13.2. The van der Waals surface area contributed by atoms with Gasteiger partial charge >= 0.3 is 0 Å². The lowest BCUT2D eigenvalue weighted by atomic mass is 10.0. The minimum atomic E-state index is -0.686. The third kappa shape index (κ3) is 4.84. The van der Waals surface area contributed by atoms with Crippen LogP contribution < -0.4 is 10.6 Å². The van der Waals surface area contributed by atoms with Crippen LogP contribution in [-0.2, 0) is 22.5 Å². The molecule has 2 amide bonds. The second kappa shape index (κ2) is 10.3. The SMILES string of the molecule is O=C(CN1Cc2ccc(-c3nc(NC4CCOCC4)ncc3Cl)cc2C1=O)N[C@@H]1c2ccccc2C[C@H]1O. The number of hydrogen-bond donors (Lipinski definition) is 3. The van der Waals surface area contributed by atoms with E-state index in [1.807, 2.05) is 36.4 Å². The third-order valence-corrected chi connectivity index (χ3v) is 7.69. The summed E-state index contributed by atoms with van der Waals surface area (Å²) in [6.45, 7) is 1.64. The quantitative estimate of drug-likeness (QED) is 0.446. The van der Waals surface area contributed by atoms with E-state index < -0.39 is 12.1 Å². The Hall–Kier alpha value is -3.53. The van der Waals surface area contributed by atoms with Gasteiger partial charge in [0.1, 0.15) is 6.54 Å². The van der Waals surface area contributed by atoms with E-state index in [9.17, 15) is 14.7 Å². The number of carbonyl (C=O) groups is 2. The number of fused-ring (bicyclic) bond motifs is 2. The van der Waals surface area contributed by atoms with Crippen molar-refractivity contribution in [2.75, 3.05) is 25.1 Å². The Morgan fingerprint density at radius 1 is 1.16 bits per heavy atom. The van der Waals surface area contributed by atoms with Crippen LogP contribution in [0, 0.1) is 0 Å². The molecule has 0 unspecified atom stereocenters. The van der Waals surface area contributed by atoms with Gasteiger partial charge in [0.05, 0.1) is 29.1 Å². The van der Waals surface area contributed by atoms with Crippen molar-refractivity contribution in [3.8, 4) is 11.3 Å². The zero-order valence-electron chi connectivity index (χ0n) is 20.7. The monoisotopic (exact) mass is 533 g/mol. The molecule has 3 heterocycles. The Labute approximate surface area is 225 Å². The summed E-state index contributed by atoms with van der Waals surface area (Å²) in [5.41, 5.74) is 4.55. The number of anilines is 1. The van der Waals surface area contributed by atoms with E-state index in [0.29, 0.717) is 54.0 Å². The number of aliphatic hydroxyl groups excluding tert-OH is 1. The smallest absolute Gasteiger partial charge is 0.254 e. The molecule has 6 rings (SSSR count). The second-order valence-corrected chi connectivity index (χ2v) is 10.4. The molecule has 0 bridgehead atoms. The predicted molar refractivity (Wildman–Crippen MR) is 142 cm³/mol. The van der Waals surface area contributed by atoms with Gasteiger partial charge in [-0.2, -0.15) is 0 Å². The van der Waals surface area contributed by atoms with Crippen molar-refractivity contribution in [3.63, 3.8) is 0 Å². The molecule has 1 aromatic heterocycles. The lowest BCUT2D eigenvalue weighted by molar-refractivity contribution is -0.123. The van der Waals surface area contributed by atoms with E-state index in [1.165, 1.54) is 4.90 Å². The van der Waals surface area contributed by atoms with Gasteiger partial charge in [0.2, 0.25) is 11.9 Å². The minimum Gasteiger partial charge on any atom is -0.390 e. The number of carbonyl (C=O) groups excluding carboxylic acids is 2. The summed E-state index contributed by atoms with van der Waals surface area (Å²) in [4.78, 5) is 36.6. The van der Waals surface area contributed by atoms with Crippen LogP contribution in [0.3, 0.4) is 0 Å². The van der Waals surface area contributed by atoms with Gasteiger partial charge in [0.25, 0.3) is 5.91 Å². The molecule has 3 aliphatic rings. The molecule has 1 aliphatic carbocycles. The fraction of sp³-hybridized carbons (Fsp3) is 0.357. The summed E-state index contributed by atoms with van der Waals surface area (Å²) < 4.78 is 5.41. The average molecular weight is 534 g/mol. The number of halogens is 1. The Morgan fingerprint density at radius 3 is 2.82 bits per heavy atom. The van der Waals surface area contributed by atoms with Crippen molar-refractivity contribution >= 4 is 29.4 Å². The number of amides is 2. The number of aliphatic hydroxyl groups is 1. The maximum Gasteiger partial charge on any atom is 0.254 e. The molecular weight excluding hydrogens is 506 g/mol. The third-order valence-electron chi connectivity index (χ3n) is 7.42. The first-order valence-electron chi connectivity index (χ1n) is 12.8. The summed E-state index contributed by atoms with van der Waals surface area (Å²) in [6, 6.07) is 13.0. The fourth-order valence-electron chi connectivity index (χ4n) is 5.44. The van der Waals surface area contributed by atoms with Crippen molar-refractivity contribution in [2.24, 2.45) is 0 Å². The van der Waals surface area contributed by atoms with Crippen LogP contribution >= 0.6 is 11.6 Å². The largest absolute Gasteiger partial charge is 0.390 e. The van der Waals surface area contributed by atoms with Crippen LogP contribution in [0.1, 0.15) is 45.9 Å². The highest BCUT2D eigenvalue weighted by atomic mass is 35.5. The highest BCUT2D eigenvalue weighted by Crippen LogP contribution is 2.33. The summed E-state index contributed by atoms with van der Waals surface area (Å²) in [6.07, 6.45) is 3.13. The van der Waals surface area contributed by atoms with Gasteiger partial charge in [-0.1, -0.05) is 48.0 Å². The van der Waals surface area contributed by atoms with Gasteiger partial charge in [0.15, 0.2) is 0 Å². The van der Waals surface area contributed by atoms with Crippen LogP contribution in [0.4, 0.5) is 5.95 Å². The van der Waals surface area contributed by atoms with Crippen molar-refractivity contribution in [1.82, 2.24) is 20.2 Å². The molecule has 0 radical (unpaired) electrons. The van der Waals surface area contributed by atoms with Crippen molar-refractivity contribution in [1.29, 1.82) is 0 Å². The summed E-state index contributed by atoms with van der Waals surface area (Å²) in [5.74, 6) is -0.0537.